The summed E-state index contributed by atoms with van der Waals surface area (Å²) in [5.74, 6) is 0.758. The SMILES string of the molecule is CNc1nc(SC)ncc1C=O.COC(=O)CSc1ccccc1.CSc1ncc2cc(Sc3ccccc3)c(=O)n(C)c2n1. The van der Waals surface area contributed by atoms with Gasteiger partial charge in [-0.3, -0.25) is 19.0 Å². The number of nitrogens with one attached hydrogen (secondary N) is 1. The Hall–Kier alpha value is -3.85. The number of carbonyl (C=O) groups excluding carboxylic acids is 2. The second-order valence-electron chi connectivity index (χ2n) is 8.63. The number of carbonyl (C=O) groups is 2. The first-order valence-electron chi connectivity index (χ1n) is 13.3. The van der Waals surface area contributed by atoms with Crippen molar-refractivity contribution in [2.75, 3.05) is 37.7 Å². The largest absolute Gasteiger partial charge is 0.468 e. The number of aromatic nitrogens is 5. The van der Waals surface area contributed by atoms with Gasteiger partial charge in [-0.05, 0) is 42.8 Å². The fourth-order valence-corrected chi connectivity index (χ4v) is 5.85. The highest BCUT2D eigenvalue weighted by atomic mass is 32.2. The number of ether oxygens (including phenoxy) is 1. The maximum absolute atomic E-state index is 12.5. The molecule has 0 amide bonds. The Labute approximate surface area is 278 Å². The van der Waals surface area contributed by atoms with Crippen LogP contribution < -0.4 is 10.9 Å². The van der Waals surface area contributed by atoms with Gasteiger partial charge < -0.3 is 10.1 Å². The van der Waals surface area contributed by atoms with Crippen LogP contribution in [0.25, 0.3) is 11.0 Å². The van der Waals surface area contributed by atoms with Gasteiger partial charge in [0.15, 0.2) is 16.6 Å². The molecule has 10 nitrogen and oxygen atoms in total. The molecule has 0 radical (unpaired) electrons. The Bertz CT molecular complexity index is 1760. The molecule has 1 N–H and O–H groups in total. The van der Waals surface area contributed by atoms with Crippen molar-refractivity contribution in [2.24, 2.45) is 7.05 Å². The van der Waals surface area contributed by atoms with Gasteiger partial charge in [0, 0.05) is 41.7 Å². The van der Waals surface area contributed by atoms with Crippen LogP contribution in [0.5, 0.6) is 0 Å². The highest BCUT2D eigenvalue weighted by Crippen LogP contribution is 2.27. The van der Waals surface area contributed by atoms with Crippen molar-refractivity contribution in [1.82, 2.24) is 24.5 Å². The smallest absolute Gasteiger partial charge is 0.315 e. The van der Waals surface area contributed by atoms with Gasteiger partial charge in [0.25, 0.3) is 5.56 Å². The van der Waals surface area contributed by atoms with E-state index in [2.05, 4.69) is 30.0 Å². The number of rotatable bonds is 9. The number of benzene rings is 2. The van der Waals surface area contributed by atoms with Gasteiger partial charge in [0.1, 0.15) is 11.5 Å². The summed E-state index contributed by atoms with van der Waals surface area (Å²) >= 11 is 5.84. The average molecular weight is 681 g/mol. The summed E-state index contributed by atoms with van der Waals surface area (Å²) in [5.41, 5.74) is 1.11. The van der Waals surface area contributed by atoms with Crippen molar-refractivity contribution >= 4 is 76.2 Å². The Kier molecular flexibility index (Phi) is 14.9. The van der Waals surface area contributed by atoms with Crippen LogP contribution in [0.2, 0.25) is 0 Å². The molecule has 45 heavy (non-hydrogen) atoms. The van der Waals surface area contributed by atoms with E-state index in [-0.39, 0.29) is 11.5 Å². The van der Waals surface area contributed by atoms with E-state index in [1.807, 2.05) is 79.2 Å². The second-order valence-corrected chi connectivity index (χ2v) is 12.3. The number of hydrogen-bond acceptors (Lipinski definition) is 13. The summed E-state index contributed by atoms with van der Waals surface area (Å²) in [6.45, 7) is 0. The van der Waals surface area contributed by atoms with E-state index >= 15 is 0 Å². The quantitative estimate of drug-likeness (QED) is 0.0821. The van der Waals surface area contributed by atoms with E-state index in [0.29, 0.717) is 38.0 Å². The summed E-state index contributed by atoms with van der Waals surface area (Å²) in [4.78, 5) is 53.2. The number of thioether (sulfide) groups is 3. The van der Waals surface area contributed by atoms with Gasteiger partial charge >= 0.3 is 5.97 Å². The first kappa shape index (κ1) is 35.6. The van der Waals surface area contributed by atoms with Gasteiger partial charge in [-0.1, -0.05) is 71.7 Å². The van der Waals surface area contributed by atoms with Crippen molar-refractivity contribution in [2.45, 2.75) is 25.0 Å². The number of pyridine rings is 1. The molecule has 0 bridgehead atoms. The van der Waals surface area contributed by atoms with Crippen LogP contribution in [-0.4, -0.2) is 69.2 Å². The molecular weight excluding hydrogens is 649 g/mol. The van der Waals surface area contributed by atoms with E-state index in [4.69, 9.17) is 0 Å². The lowest BCUT2D eigenvalue weighted by molar-refractivity contribution is -0.137. The van der Waals surface area contributed by atoms with Crippen LogP contribution in [0, 0.1) is 0 Å². The van der Waals surface area contributed by atoms with E-state index in [9.17, 15) is 14.4 Å². The fraction of sp³-hybridized carbons (Fsp3) is 0.194. The lowest BCUT2D eigenvalue weighted by Crippen LogP contribution is -2.19. The zero-order valence-electron chi connectivity index (χ0n) is 25.3. The molecule has 0 aliphatic rings. The molecule has 14 heteroatoms. The summed E-state index contributed by atoms with van der Waals surface area (Å²) in [5, 5.41) is 5.02. The zero-order chi connectivity index (χ0) is 32.6. The molecule has 0 saturated carbocycles. The maximum Gasteiger partial charge on any atom is 0.315 e. The molecule has 5 aromatic rings. The number of methoxy groups -OCH3 is 1. The number of aryl methyl sites for hydroxylation is 1. The molecular formula is C31H32N6O4S4. The highest BCUT2D eigenvalue weighted by Gasteiger charge is 2.10. The minimum absolute atomic E-state index is 0.0397. The van der Waals surface area contributed by atoms with Gasteiger partial charge in [-0.25, -0.2) is 19.9 Å². The number of fused-ring (bicyclic) bond motifs is 1. The number of esters is 1. The Balaban J connectivity index is 0.000000198. The van der Waals surface area contributed by atoms with Crippen molar-refractivity contribution in [3.8, 4) is 0 Å². The highest BCUT2D eigenvalue weighted by molar-refractivity contribution is 8.00. The zero-order valence-corrected chi connectivity index (χ0v) is 28.6. The third kappa shape index (κ3) is 10.9. The van der Waals surface area contributed by atoms with Crippen LogP contribution in [0.3, 0.4) is 0 Å². The predicted octanol–water partition coefficient (Wildman–Crippen LogP) is 6.21. The Morgan fingerprint density at radius 3 is 2.11 bits per heavy atom. The average Bonchev–Trinajstić information content (AvgIpc) is 3.10. The second kappa shape index (κ2) is 18.8. The Morgan fingerprint density at radius 2 is 1.53 bits per heavy atom. The number of aldehydes is 1. The summed E-state index contributed by atoms with van der Waals surface area (Å²) in [7, 11) is 4.87. The van der Waals surface area contributed by atoms with Crippen molar-refractivity contribution in [3.63, 3.8) is 0 Å². The molecule has 3 aromatic heterocycles. The van der Waals surface area contributed by atoms with E-state index < -0.39 is 0 Å². The molecule has 0 unspecified atom stereocenters. The van der Waals surface area contributed by atoms with Crippen molar-refractivity contribution in [3.05, 3.63) is 95.0 Å². The molecule has 0 atom stereocenters. The first-order chi connectivity index (χ1) is 21.8. The minimum Gasteiger partial charge on any atom is -0.468 e. The van der Waals surface area contributed by atoms with Crippen LogP contribution >= 0.6 is 47.0 Å². The first-order valence-corrected chi connectivity index (χ1v) is 17.5. The standard InChI is InChI=1S/C15H13N3OS2.C9H10O2S.C7H9N3OS/c1-18-13-10(9-16-15(17-13)20-2)8-12(14(18)19)21-11-6-4-3-5-7-11;1-11-9(10)7-12-8-5-3-2-4-6-8;1-8-6-5(4-11)3-9-7(10-6)12-2/h3-9H,1-2H3;2-6H,7H2,1H3;3-4H,1-2H3,(H,8,9,10). The molecule has 0 spiro atoms. The monoisotopic (exact) mass is 680 g/mol. The van der Waals surface area contributed by atoms with Crippen LogP contribution in [0.15, 0.2) is 109 Å². The molecule has 0 aliphatic carbocycles. The lowest BCUT2D eigenvalue weighted by Gasteiger charge is -2.08. The normalized spacial score (nSPS) is 10.2. The number of nitrogens with zero attached hydrogens (tertiary/aromatic N) is 5. The molecule has 234 valence electrons. The third-order valence-corrected chi connectivity index (χ3v) is 8.85. The summed E-state index contributed by atoms with van der Waals surface area (Å²) < 4.78 is 6.10. The fourth-order valence-electron chi connectivity index (χ4n) is 3.47. The van der Waals surface area contributed by atoms with Gasteiger partial charge in [-0.15, -0.1) is 11.8 Å². The van der Waals surface area contributed by atoms with E-state index in [1.54, 1.807) is 24.9 Å². The molecule has 2 aromatic carbocycles. The molecule has 0 saturated heterocycles. The van der Waals surface area contributed by atoms with Gasteiger partial charge in [0.2, 0.25) is 0 Å². The van der Waals surface area contributed by atoms with Crippen LogP contribution in [0.4, 0.5) is 5.82 Å². The van der Waals surface area contributed by atoms with Crippen LogP contribution in [0.1, 0.15) is 10.4 Å². The lowest BCUT2D eigenvalue weighted by atomic mass is 10.3. The number of anilines is 1. The maximum atomic E-state index is 12.5. The molecule has 0 fully saturated rings. The van der Waals surface area contributed by atoms with E-state index in [1.165, 1.54) is 60.4 Å². The van der Waals surface area contributed by atoms with Gasteiger partial charge in [-0.2, -0.15) is 0 Å². The summed E-state index contributed by atoms with van der Waals surface area (Å²) in [6, 6.07) is 21.5. The predicted molar refractivity (Wildman–Crippen MR) is 185 cm³/mol. The minimum atomic E-state index is -0.191. The molecule has 0 aliphatic heterocycles. The van der Waals surface area contributed by atoms with E-state index in [0.717, 1.165) is 21.5 Å². The third-order valence-electron chi connectivity index (χ3n) is 5.72. The molecule has 3 heterocycles. The van der Waals surface area contributed by atoms with Crippen molar-refractivity contribution in [1.29, 1.82) is 0 Å². The van der Waals surface area contributed by atoms with Crippen LogP contribution in [-0.2, 0) is 16.6 Å². The Morgan fingerprint density at radius 1 is 0.933 bits per heavy atom. The summed E-state index contributed by atoms with van der Waals surface area (Å²) in [6.07, 6.45) is 7.81. The van der Waals surface area contributed by atoms with Crippen molar-refractivity contribution < 1.29 is 14.3 Å². The van der Waals surface area contributed by atoms with Gasteiger partial charge in [0.05, 0.1) is 23.3 Å². The molecule has 5 rings (SSSR count). The topological polar surface area (TPSA) is 129 Å². The number of hydrogen-bond donors (Lipinski definition) is 1.